The summed E-state index contributed by atoms with van der Waals surface area (Å²) in [5.41, 5.74) is 6.50. The van der Waals surface area contributed by atoms with Crippen LogP contribution in [0.3, 0.4) is 0 Å². The molecule has 0 aliphatic heterocycles. The van der Waals surface area contributed by atoms with Crippen molar-refractivity contribution in [3.8, 4) is 11.5 Å². The summed E-state index contributed by atoms with van der Waals surface area (Å²) in [7, 11) is 1.78. The predicted molar refractivity (Wildman–Crippen MR) is 55.4 cm³/mol. The summed E-state index contributed by atoms with van der Waals surface area (Å²) in [6.07, 6.45) is 0.788. The van der Waals surface area contributed by atoms with Crippen LogP contribution in [0.2, 0.25) is 0 Å². The molecule has 0 saturated heterocycles. The third kappa shape index (κ3) is 2.90. The minimum atomic E-state index is 0.154. The van der Waals surface area contributed by atoms with Crippen molar-refractivity contribution < 1.29 is 9.84 Å². The first-order valence-electron chi connectivity index (χ1n) is 4.57. The van der Waals surface area contributed by atoms with Gasteiger partial charge >= 0.3 is 0 Å². The van der Waals surface area contributed by atoms with Gasteiger partial charge in [-0.05, 0) is 37.7 Å². The topological polar surface area (TPSA) is 67.5 Å². The monoisotopic (exact) mass is 196 g/mol. The highest BCUT2D eigenvalue weighted by atomic mass is 16.5. The van der Waals surface area contributed by atoms with Crippen LogP contribution in [0.5, 0.6) is 11.5 Å². The Morgan fingerprint density at radius 3 is 2.93 bits per heavy atom. The lowest BCUT2D eigenvalue weighted by atomic mass is 10.1. The molecule has 0 aromatic heterocycles. The van der Waals surface area contributed by atoms with Crippen molar-refractivity contribution >= 4 is 0 Å². The molecule has 0 fully saturated rings. The molecule has 1 aromatic rings. The maximum Gasteiger partial charge on any atom is 0.163 e. The van der Waals surface area contributed by atoms with Gasteiger partial charge in [-0.3, -0.25) is 5.32 Å². The Labute approximate surface area is 83.7 Å². The number of phenolic OH excluding ortho intramolecular Hbond substituents is 1. The van der Waals surface area contributed by atoms with E-state index in [-0.39, 0.29) is 5.75 Å². The van der Waals surface area contributed by atoms with E-state index in [9.17, 15) is 5.11 Å². The normalized spacial score (nSPS) is 10.1. The number of hydrogen-bond acceptors (Lipinski definition) is 4. The van der Waals surface area contributed by atoms with Crippen molar-refractivity contribution in [3.63, 3.8) is 0 Å². The molecule has 4 heteroatoms. The summed E-state index contributed by atoms with van der Waals surface area (Å²) in [6.45, 7) is 0.968. The average Bonchev–Trinajstić information content (AvgIpc) is 2.19. The summed E-state index contributed by atoms with van der Waals surface area (Å²) in [5.74, 6) is 0.645. The van der Waals surface area contributed by atoms with Gasteiger partial charge in [0.15, 0.2) is 11.5 Å². The number of benzene rings is 1. The Morgan fingerprint density at radius 2 is 2.29 bits per heavy atom. The fourth-order valence-electron chi connectivity index (χ4n) is 1.15. The highest BCUT2D eigenvalue weighted by molar-refractivity contribution is 5.41. The van der Waals surface area contributed by atoms with Crippen LogP contribution in [-0.2, 0) is 6.42 Å². The van der Waals surface area contributed by atoms with Gasteiger partial charge in [-0.25, -0.2) is 0 Å². The Morgan fingerprint density at radius 1 is 1.50 bits per heavy atom. The van der Waals surface area contributed by atoms with Crippen LogP contribution >= 0.6 is 0 Å². The van der Waals surface area contributed by atoms with Crippen LogP contribution in [0.1, 0.15) is 5.56 Å². The van der Waals surface area contributed by atoms with Gasteiger partial charge in [0.05, 0.1) is 0 Å². The van der Waals surface area contributed by atoms with Gasteiger partial charge in [-0.2, -0.15) is 0 Å². The molecule has 0 amide bonds. The molecule has 0 saturated carbocycles. The predicted octanol–water partition coefficient (Wildman–Crippen LogP) is 0.449. The quantitative estimate of drug-likeness (QED) is 0.598. The third-order valence-corrected chi connectivity index (χ3v) is 1.83. The van der Waals surface area contributed by atoms with Crippen LogP contribution in [0.25, 0.3) is 0 Å². The molecule has 78 valence electrons. The number of hydrogen-bond donors (Lipinski definition) is 3. The zero-order valence-electron chi connectivity index (χ0n) is 8.29. The lowest BCUT2D eigenvalue weighted by Crippen LogP contribution is -2.14. The maximum atomic E-state index is 9.45. The van der Waals surface area contributed by atoms with E-state index in [4.69, 9.17) is 10.5 Å². The lowest BCUT2D eigenvalue weighted by molar-refractivity contribution is 0.281. The van der Waals surface area contributed by atoms with Crippen molar-refractivity contribution in [1.82, 2.24) is 5.32 Å². The highest BCUT2D eigenvalue weighted by Gasteiger charge is 2.02. The lowest BCUT2D eigenvalue weighted by Gasteiger charge is -2.08. The second kappa shape index (κ2) is 5.47. The Bertz CT molecular complexity index is 289. The second-order valence-electron chi connectivity index (χ2n) is 2.98. The van der Waals surface area contributed by atoms with Crippen molar-refractivity contribution in [2.75, 3.05) is 20.3 Å². The number of nitrogens with one attached hydrogen (secondary N) is 1. The van der Waals surface area contributed by atoms with Crippen molar-refractivity contribution in [3.05, 3.63) is 23.8 Å². The molecule has 0 unspecified atom stereocenters. The molecular weight excluding hydrogens is 180 g/mol. The van der Waals surface area contributed by atoms with E-state index in [1.807, 2.05) is 6.07 Å². The van der Waals surface area contributed by atoms with Crippen LogP contribution in [0, 0.1) is 0 Å². The van der Waals surface area contributed by atoms with E-state index in [2.05, 4.69) is 5.32 Å². The van der Waals surface area contributed by atoms with Crippen molar-refractivity contribution in [2.45, 2.75) is 6.42 Å². The fraction of sp³-hybridized carbons (Fsp3) is 0.400. The minimum Gasteiger partial charge on any atom is -0.504 e. The van der Waals surface area contributed by atoms with Crippen LogP contribution < -0.4 is 15.8 Å². The van der Waals surface area contributed by atoms with E-state index in [1.165, 1.54) is 0 Å². The zero-order valence-corrected chi connectivity index (χ0v) is 8.29. The molecular formula is C10H16N2O2. The van der Waals surface area contributed by atoms with E-state index in [0.717, 1.165) is 12.0 Å². The van der Waals surface area contributed by atoms with Crippen LogP contribution in [0.4, 0.5) is 0 Å². The number of rotatable bonds is 5. The van der Waals surface area contributed by atoms with E-state index in [0.29, 0.717) is 19.0 Å². The first-order valence-corrected chi connectivity index (χ1v) is 4.57. The molecule has 0 bridgehead atoms. The molecule has 1 rings (SSSR count). The summed E-state index contributed by atoms with van der Waals surface area (Å²) in [4.78, 5) is 0. The van der Waals surface area contributed by atoms with Crippen LogP contribution in [0.15, 0.2) is 18.2 Å². The molecule has 4 nitrogen and oxygen atoms in total. The molecule has 0 heterocycles. The molecule has 0 spiro atoms. The minimum absolute atomic E-state index is 0.154. The van der Waals surface area contributed by atoms with Crippen molar-refractivity contribution in [1.29, 1.82) is 0 Å². The molecule has 0 radical (unpaired) electrons. The van der Waals surface area contributed by atoms with Gasteiger partial charge in [-0.1, -0.05) is 6.07 Å². The molecule has 14 heavy (non-hydrogen) atoms. The van der Waals surface area contributed by atoms with Gasteiger partial charge in [0, 0.05) is 0 Å². The third-order valence-electron chi connectivity index (χ3n) is 1.83. The van der Waals surface area contributed by atoms with E-state index < -0.39 is 0 Å². The van der Waals surface area contributed by atoms with Gasteiger partial charge in [0.1, 0.15) is 6.73 Å². The maximum absolute atomic E-state index is 9.45. The summed E-state index contributed by atoms with van der Waals surface area (Å²) in [6, 6.07) is 5.27. The molecule has 1 aromatic carbocycles. The van der Waals surface area contributed by atoms with Crippen LogP contribution in [-0.4, -0.2) is 25.4 Å². The number of aromatic hydroxyl groups is 1. The largest absolute Gasteiger partial charge is 0.504 e. The molecule has 0 atom stereocenters. The molecule has 0 aliphatic carbocycles. The summed E-state index contributed by atoms with van der Waals surface area (Å²) >= 11 is 0. The molecule has 4 N–H and O–H groups in total. The SMILES string of the molecule is CNCOc1cc(CCN)ccc1O. The van der Waals surface area contributed by atoms with Gasteiger partial charge in [0.2, 0.25) is 0 Å². The number of phenols is 1. The van der Waals surface area contributed by atoms with Gasteiger partial charge in [-0.15, -0.1) is 0 Å². The van der Waals surface area contributed by atoms with Crippen molar-refractivity contribution in [2.24, 2.45) is 5.73 Å². The fourth-order valence-corrected chi connectivity index (χ4v) is 1.15. The molecule has 0 aliphatic rings. The van der Waals surface area contributed by atoms with E-state index in [1.54, 1.807) is 19.2 Å². The standard InChI is InChI=1S/C10H16N2O2/c1-12-7-14-10-6-8(4-5-11)2-3-9(10)13/h2-3,6,12-13H,4-5,7,11H2,1H3. The number of ether oxygens (including phenoxy) is 1. The zero-order chi connectivity index (χ0) is 10.4. The average molecular weight is 196 g/mol. The Hall–Kier alpha value is -1.26. The first-order chi connectivity index (χ1) is 6.77. The smallest absolute Gasteiger partial charge is 0.163 e. The second-order valence-corrected chi connectivity index (χ2v) is 2.98. The van der Waals surface area contributed by atoms with Gasteiger partial charge < -0.3 is 15.6 Å². The Balaban J connectivity index is 2.74. The summed E-state index contributed by atoms with van der Waals surface area (Å²) < 4.78 is 5.27. The van der Waals surface area contributed by atoms with Gasteiger partial charge in [0.25, 0.3) is 0 Å². The Kier molecular flexibility index (Phi) is 4.22. The summed E-state index contributed by atoms with van der Waals surface area (Å²) in [5, 5.41) is 12.3. The number of nitrogens with two attached hydrogens (primary N) is 1. The highest BCUT2D eigenvalue weighted by Crippen LogP contribution is 2.26. The first kappa shape index (κ1) is 10.8. The van der Waals surface area contributed by atoms with E-state index >= 15 is 0 Å².